The Morgan fingerprint density at radius 1 is 1.24 bits per heavy atom. The lowest BCUT2D eigenvalue weighted by atomic mass is 10.1. The van der Waals surface area contributed by atoms with Crippen molar-refractivity contribution in [2.24, 2.45) is 0 Å². The minimum absolute atomic E-state index is 0.0106. The Kier molecular flexibility index (Phi) is 5.14. The van der Waals surface area contributed by atoms with Gasteiger partial charge in [0.1, 0.15) is 0 Å². The van der Waals surface area contributed by atoms with Crippen LogP contribution in [0.3, 0.4) is 0 Å². The first-order valence-electron chi connectivity index (χ1n) is 6.35. The van der Waals surface area contributed by atoms with Crippen LogP contribution < -0.4 is 5.32 Å². The average Bonchev–Trinajstić information content (AvgIpc) is 2.47. The molecule has 21 heavy (non-hydrogen) atoms. The van der Waals surface area contributed by atoms with Crippen LogP contribution in [0.1, 0.15) is 11.1 Å². The van der Waals surface area contributed by atoms with Crippen LogP contribution in [0, 0.1) is 10.1 Å². The molecule has 0 spiro atoms. The number of nitrogens with one attached hydrogen (secondary N) is 1. The predicted molar refractivity (Wildman–Crippen MR) is 82.6 cm³/mol. The van der Waals surface area contributed by atoms with Crippen LogP contribution in [0.2, 0.25) is 5.02 Å². The second kappa shape index (κ2) is 7.06. The van der Waals surface area contributed by atoms with Crippen molar-refractivity contribution < 1.29 is 9.66 Å². The highest BCUT2D eigenvalue weighted by atomic mass is 35.5. The van der Waals surface area contributed by atoms with Crippen molar-refractivity contribution in [2.75, 3.05) is 12.4 Å². The number of nitrogens with zero attached hydrogens (tertiary/aromatic N) is 1. The predicted octanol–water partition coefficient (Wildman–Crippen LogP) is 4.01. The topological polar surface area (TPSA) is 64.4 Å². The zero-order valence-corrected chi connectivity index (χ0v) is 12.3. The van der Waals surface area contributed by atoms with Gasteiger partial charge in [-0.1, -0.05) is 29.8 Å². The number of nitro benzene ring substituents is 1. The maximum Gasteiger partial charge on any atom is 0.270 e. The highest BCUT2D eigenvalue weighted by molar-refractivity contribution is 6.31. The molecule has 0 saturated heterocycles. The Morgan fingerprint density at radius 3 is 2.67 bits per heavy atom. The number of halogens is 1. The normalized spacial score (nSPS) is 10.4. The van der Waals surface area contributed by atoms with Gasteiger partial charge in [0.05, 0.1) is 16.6 Å². The molecule has 0 aliphatic carbocycles. The lowest BCUT2D eigenvalue weighted by Crippen LogP contribution is -2.03. The number of methoxy groups -OCH3 is 1. The molecule has 110 valence electrons. The van der Waals surface area contributed by atoms with Crippen LogP contribution in [-0.2, 0) is 17.9 Å². The van der Waals surface area contributed by atoms with Crippen LogP contribution in [0.15, 0.2) is 42.5 Å². The van der Waals surface area contributed by atoms with Gasteiger partial charge in [0.2, 0.25) is 0 Å². The van der Waals surface area contributed by atoms with Crippen molar-refractivity contribution in [2.45, 2.75) is 13.2 Å². The summed E-state index contributed by atoms with van der Waals surface area (Å²) >= 11 is 6.07. The molecule has 1 N–H and O–H groups in total. The van der Waals surface area contributed by atoms with Gasteiger partial charge in [0.15, 0.2) is 0 Å². The van der Waals surface area contributed by atoms with E-state index in [0.717, 1.165) is 16.8 Å². The van der Waals surface area contributed by atoms with Crippen LogP contribution in [0.4, 0.5) is 11.4 Å². The second-order valence-corrected chi connectivity index (χ2v) is 4.88. The summed E-state index contributed by atoms with van der Waals surface area (Å²) < 4.78 is 5.15. The van der Waals surface area contributed by atoms with E-state index < -0.39 is 4.92 Å². The third-order valence-corrected chi connectivity index (χ3v) is 3.39. The maximum atomic E-state index is 10.7. The van der Waals surface area contributed by atoms with Crippen molar-refractivity contribution in [1.29, 1.82) is 0 Å². The van der Waals surface area contributed by atoms with Crippen molar-refractivity contribution in [3.05, 3.63) is 68.7 Å². The van der Waals surface area contributed by atoms with Gasteiger partial charge in [-0.3, -0.25) is 10.1 Å². The van der Waals surface area contributed by atoms with E-state index in [9.17, 15) is 10.1 Å². The van der Waals surface area contributed by atoms with Gasteiger partial charge in [-0.25, -0.2) is 0 Å². The Bertz CT molecular complexity index is 647. The molecular formula is C15H15ClN2O3. The first kappa shape index (κ1) is 15.3. The van der Waals surface area contributed by atoms with E-state index in [-0.39, 0.29) is 5.69 Å². The number of hydrogen-bond acceptors (Lipinski definition) is 4. The van der Waals surface area contributed by atoms with Gasteiger partial charge in [-0.2, -0.15) is 0 Å². The van der Waals surface area contributed by atoms with Crippen molar-refractivity contribution >= 4 is 23.0 Å². The van der Waals surface area contributed by atoms with Crippen LogP contribution in [0.5, 0.6) is 0 Å². The summed E-state index contributed by atoms with van der Waals surface area (Å²) in [5.74, 6) is 0. The number of non-ortho nitro benzene ring substituents is 1. The standard InChI is InChI=1S/C15H15ClN2O3/c1-21-10-12-4-2-3-5-15(12)17-9-11-6-7-13(18(19)20)8-14(11)16/h2-8,17H,9-10H2,1H3. The molecule has 0 radical (unpaired) electrons. The number of rotatable bonds is 6. The van der Waals surface area contributed by atoms with Gasteiger partial charge in [0, 0.05) is 37.0 Å². The molecule has 5 nitrogen and oxygen atoms in total. The van der Waals surface area contributed by atoms with Gasteiger partial charge < -0.3 is 10.1 Å². The van der Waals surface area contributed by atoms with E-state index in [1.165, 1.54) is 12.1 Å². The van der Waals surface area contributed by atoms with E-state index in [4.69, 9.17) is 16.3 Å². The summed E-state index contributed by atoms with van der Waals surface area (Å²) in [5.41, 5.74) is 2.78. The SMILES string of the molecule is COCc1ccccc1NCc1ccc([N+](=O)[O-])cc1Cl. The zero-order valence-electron chi connectivity index (χ0n) is 11.5. The van der Waals surface area contributed by atoms with Crippen molar-refractivity contribution in [1.82, 2.24) is 0 Å². The molecule has 2 aromatic rings. The molecule has 6 heteroatoms. The summed E-state index contributed by atoms with van der Waals surface area (Å²) in [6, 6.07) is 12.3. The third kappa shape index (κ3) is 3.93. The van der Waals surface area contributed by atoms with Crippen LogP contribution in [-0.4, -0.2) is 12.0 Å². The summed E-state index contributed by atoms with van der Waals surface area (Å²) in [6.07, 6.45) is 0. The monoisotopic (exact) mass is 306 g/mol. The molecule has 0 atom stereocenters. The van der Waals surface area contributed by atoms with E-state index in [1.807, 2.05) is 24.3 Å². The molecular weight excluding hydrogens is 292 g/mol. The van der Waals surface area contributed by atoms with Crippen LogP contribution >= 0.6 is 11.6 Å². The van der Waals surface area contributed by atoms with E-state index in [1.54, 1.807) is 13.2 Å². The number of benzene rings is 2. The lowest BCUT2D eigenvalue weighted by Gasteiger charge is -2.12. The smallest absolute Gasteiger partial charge is 0.270 e. The Balaban J connectivity index is 2.11. The molecule has 0 aromatic heterocycles. The van der Waals surface area contributed by atoms with Gasteiger partial charge in [0.25, 0.3) is 5.69 Å². The molecule has 0 aliphatic rings. The highest BCUT2D eigenvalue weighted by Gasteiger charge is 2.09. The van der Waals surface area contributed by atoms with Gasteiger partial charge >= 0.3 is 0 Å². The number of nitro groups is 1. The third-order valence-electron chi connectivity index (χ3n) is 3.03. The average molecular weight is 307 g/mol. The Morgan fingerprint density at radius 2 is 2.00 bits per heavy atom. The summed E-state index contributed by atoms with van der Waals surface area (Å²) in [4.78, 5) is 10.2. The summed E-state index contributed by atoms with van der Waals surface area (Å²) in [7, 11) is 1.64. The lowest BCUT2D eigenvalue weighted by molar-refractivity contribution is -0.384. The fourth-order valence-electron chi connectivity index (χ4n) is 1.96. The molecule has 2 aromatic carbocycles. The quantitative estimate of drug-likeness (QED) is 0.647. The highest BCUT2D eigenvalue weighted by Crippen LogP contribution is 2.24. The summed E-state index contributed by atoms with van der Waals surface area (Å²) in [5, 5.41) is 14.3. The van der Waals surface area contributed by atoms with E-state index in [2.05, 4.69) is 5.32 Å². The molecule has 0 amide bonds. The molecule has 0 fully saturated rings. The fourth-order valence-corrected chi connectivity index (χ4v) is 2.20. The first-order valence-corrected chi connectivity index (χ1v) is 6.73. The number of hydrogen-bond donors (Lipinski definition) is 1. The molecule has 0 unspecified atom stereocenters. The maximum absolute atomic E-state index is 10.7. The molecule has 0 heterocycles. The Labute approximate surface area is 127 Å². The zero-order chi connectivity index (χ0) is 15.2. The fraction of sp³-hybridized carbons (Fsp3) is 0.200. The Hall–Kier alpha value is -2.11. The molecule has 0 saturated carbocycles. The molecule has 0 bridgehead atoms. The van der Waals surface area contributed by atoms with Crippen LogP contribution in [0.25, 0.3) is 0 Å². The molecule has 0 aliphatic heterocycles. The molecule has 2 rings (SSSR count). The minimum Gasteiger partial charge on any atom is -0.381 e. The van der Waals surface area contributed by atoms with Gasteiger partial charge in [-0.05, 0) is 17.7 Å². The largest absolute Gasteiger partial charge is 0.381 e. The minimum atomic E-state index is -0.461. The summed E-state index contributed by atoms with van der Waals surface area (Å²) in [6.45, 7) is 0.995. The van der Waals surface area contributed by atoms with Crippen molar-refractivity contribution in [3.8, 4) is 0 Å². The van der Waals surface area contributed by atoms with Gasteiger partial charge in [-0.15, -0.1) is 0 Å². The van der Waals surface area contributed by atoms with Crippen molar-refractivity contribution in [3.63, 3.8) is 0 Å². The van der Waals surface area contributed by atoms with E-state index in [0.29, 0.717) is 18.2 Å². The number of anilines is 1. The number of para-hydroxylation sites is 1. The number of ether oxygens (including phenoxy) is 1. The van der Waals surface area contributed by atoms with E-state index >= 15 is 0 Å². The first-order chi connectivity index (χ1) is 10.1. The second-order valence-electron chi connectivity index (χ2n) is 4.48.